The quantitative estimate of drug-likeness (QED) is 0.661. The molecular formula is C8H6F3N3O. The lowest BCUT2D eigenvalue weighted by Gasteiger charge is -1.98. The van der Waals surface area contributed by atoms with Crippen molar-refractivity contribution in [1.29, 1.82) is 0 Å². The summed E-state index contributed by atoms with van der Waals surface area (Å²) in [7, 11) is 1.46. The minimum absolute atomic E-state index is 0.0904. The van der Waals surface area contributed by atoms with Crippen molar-refractivity contribution in [3.05, 3.63) is 34.5 Å². The lowest BCUT2D eigenvalue weighted by molar-refractivity contribution is -0.141. The molecule has 15 heavy (non-hydrogen) atoms. The van der Waals surface area contributed by atoms with Crippen molar-refractivity contribution in [2.75, 3.05) is 0 Å². The molecule has 0 amide bonds. The van der Waals surface area contributed by atoms with Crippen molar-refractivity contribution in [3.8, 4) is 0 Å². The van der Waals surface area contributed by atoms with Gasteiger partial charge in [0.15, 0.2) is 5.69 Å². The summed E-state index contributed by atoms with van der Waals surface area (Å²) in [5.74, 6) is 0. The van der Waals surface area contributed by atoms with E-state index in [4.69, 9.17) is 0 Å². The van der Waals surface area contributed by atoms with Crippen LogP contribution in [0.15, 0.2) is 23.3 Å². The van der Waals surface area contributed by atoms with Gasteiger partial charge in [0.2, 0.25) is 0 Å². The molecule has 0 saturated heterocycles. The molecule has 0 radical (unpaired) electrons. The molecule has 0 N–H and O–H groups in total. The molecule has 0 aliphatic carbocycles. The number of aryl methyl sites for hydroxylation is 1. The Kier molecular flexibility index (Phi) is 1.85. The van der Waals surface area contributed by atoms with Gasteiger partial charge in [0.25, 0.3) is 5.56 Å². The highest BCUT2D eigenvalue weighted by atomic mass is 19.4. The van der Waals surface area contributed by atoms with Gasteiger partial charge in [-0.1, -0.05) is 0 Å². The summed E-state index contributed by atoms with van der Waals surface area (Å²) >= 11 is 0. The Bertz CT molecular complexity index is 566. The van der Waals surface area contributed by atoms with Crippen LogP contribution >= 0.6 is 0 Å². The van der Waals surface area contributed by atoms with Gasteiger partial charge in [0, 0.05) is 25.5 Å². The van der Waals surface area contributed by atoms with E-state index in [1.54, 1.807) is 0 Å². The van der Waals surface area contributed by atoms with Gasteiger partial charge in [0.1, 0.15) is 5.52 Å². The van der Waals surface area contributed by atoms with Crippen molar-refractivity contribution in [1.82, 2.24) is 14.2 Å². The zero-order valence-electron chi connectivity index (χ0n) is 7.62. The van der Waals surface area contributed by atoms with Crippen LogP contribution in [0.1, 0.15) is 5.69 Å². The van der Waals surface area contributed by atoms with E-state index in [9.17, 15) is 18.0 Å². The first-order valence-corrected chi connectivity index (χ1v) is 4.02. The van der Waals surface area contributed by atoms with Crippen LogP contribution in [0.5, 0.6) is 0 Å². The van der Waals surface area contributed by atoms with E-state index in [0.29, 0.717) is 0 Å². The number of halogens is 3. The minimum atomic E-state index is -4.53. The van der Waals surface area contributed by atoms with E-state index in [-0.39, 0.29) is 5.52 Å². The third-order valence-electron chi connectivity index (χ3n) is 2.00. The first-order valence-electron chi connectivity index (χ1n) is 4.02. The van der Waals surface area contributed by atoms with E-state index >= 15 is 0 Å². The third kappa shape index (κ3) is 1.49. The zero-order chi connectivity index (χ0) is 11.2. The molecule has 2 heterocycles. The van der Waals surface area contributed by atoms with Crippen LogP contribution in [0.2, 0.25) is 0 Å². The van der Waals surface area contributed by atoms with E-state index in [0.717, 1.165) is 10.6 Å². The largest absolute Gasteiger partial charge is 0.435 e. The predicted octanol–water partition coefficient (Wildman–Crippen LogP) is 1.05. The van der Waals surface area contributed by atoms with Gasteiger partial charge in [-0.3, -0.25) is 4.79 Å². The molecule has 0 fully saturated rings. The molecule has 2 aromatic heterocycles. The third-order valence-corrected chi connectivity index (χ3v) is 2.00. The monoisotopic (exact) mass is 217 g/mol. The topological polar surface area (TPSA) is 39.3 Å². The lowest BCUT2D eigenvalue weighted by atomic mass is 10.4. The summed E-state index contributed by atoms with van der Waals surface area (Å²) in [6, 6.07) is 0.738. The van der Waals surface area contributed by atoms with Crippen LogP contribution in [0.3, 0.4) is 0 Å². The van der Waals surface area contributed by atoms with Crippen LogP contribution in [-0.2, 0) is 13.2 Å². The normalized spacial score (nSPS) is 12.3. The highest BCUT2D eigenvalue weighted by molar-refractivity contribution is 5.45. The Balaban J connectivity index is 2.78. The highest BCUT2D eigenvalue weighted by Crippen LogP contribution is 2.27. The molecule has 2 rings (SSSR count). The van der Waals surface area contributed by atoms with Gasteiger partial charge in [-0.05, 0) is 0 Å². The van der Waals surface area contributed by atoms with Crippen molar-refractivity contribution in [2.45, 2.75) is 6.18 Å². The Hall–Kier alpha value is -1.79. The number of hydrogen-bond acceptors (Lipinski definition) is 2. The number of rotatable bonds is 0. The van der Waals surface area contributed by atoms with Crippen LogP contribution in [0.25, 0.3) is 5.52 Å². The average Bonchev–Trinajstić information content (AvgIpc) is 2.55. The minimum Gasteiger partial charge on any atom is -0.315 e. The molecule has 2 aromatic rings. The molecule has 7 heteroatoms. The van der Waals surface area contributed by atoms with Gasteiger partial charge in [-0.25, -0.2) is 4.52 Å². The van der Waals surface area contributed by atoms with E-state index in [1.807, 2.05) is 0 Å². The second-order valence-electron chi connectivity index (χ2n) is 3.07. The number of alkyl halides is 3. The Morgan fingerprint density at radius 3 is 2.60 bits per heavy atom. The molecule has 4 nitrogen and oxygen atoms in total. The fraction of sp³-hybridized carbons (Fsp3) is 0.250. The SMILES string of the molecule is Cn1ccn2nc(C(F)(F)F)cc2c1=O. The summed E-state index contributed by atoms with van der Waals surface area (Å²) in [5.41, 5.74) is -1.67. The van der Waals surface area contributed by atoms with Crippen LogP contribution in [0, 0.1) is 0 Å². The summed E-state index contributed by atoms with van der Waals surface area (Å²) in [6.07, 6.45) is -1.88. The molecule has 0 aliphatic heterocycles. The van der Waals surface area contributed by atoms with Crippen molar-refractivity contribution >= 4 is 5.52 Å². The molecule has 0 unspecified atom stereocenters. The summed E-state index contributed by atoms with van der Waals surface area (Å²) in [6.45, 7) is 0. The fourth-order valence-electron chi connectivity index (χ4n) is 1.22. The average molecular weight is 217 g/mol. The molecular weight excluding hydrogens is 211 g/mol. The first kappa shape index (κ1) is 9.75. The number of aromatic nitrogens is 3. The van der Waals surface area contributed by atoms with Crippen molar-refractivity contribution in [3.63, 3.8) is 0 Å². The highest BCUT2D eigenvalue weighted by Gasteiger charge is 2.34. The maximum absolute atomic E-state index is 12.3. The van der Waals surface area contributed by atoms with Gasteiger partial charge >= 0.3 is 6.18 Å². The second-order valence-corrected chi connectivity index (χ2v) is 3.07. The van der Waals surface area contributed by atoms with Crippen LogP contribution in [0.4, 0.5) is 13.2 Å². The van der Waals surface area contributed by atoms with E-state index < -0.39 is 17.4 Å². The first-order chi connectivity index (χ1) is 6.89. The maximum atomic E-state index is 12.3. The van der Waals surface area contributed by atoms with E-state index in [1.165, 1.54) is 24.0 Å². The summed E-state index contributed by atoms with van der Waals surface area (Å²) in [5, 5.41) is 3.26. The van der Waals surface area contributed by atoms with Gasteiger partial charge < -0.3 is 4.57 Å². The molecule has 0 atom stereocenters. The zero-order valence-corrected chi connectivity index (χ0v) is 7.62. The number of fused-ring (bicyclic) bond motifs is 1. The smallest absolute Gasteiger partial charge is 0.315 e. The van der Waals surface area contributed by atoms with Gasteiger partial charge in [-0.15, -0.1) is 0 Å². The van der Waals surface area contributed by atoms with E-state index in [2.05, 4.69) is 5.10 Å². The molecule has 0 aromatic carbocycles. The maximum Gasteiger partial charge on any atom is 0.435 e. The molecule has 80 valence electrons. The lowest BCUT2D eigenvalue weighted by Crippen LogP contribution is -2.17. The van der Waals surface area contributed by atoms with Crippen LogP contribution in [-0.4, -0.2) is 14.2 Å². The van der Waals surface area contributed by atoms with Gasteiger partial charge in [-0.2, -0.15) is 18.3 Å². The van der Waals surface area contributed by atoms with Crippen LogP contribution < -0.4 is 5.56 Å². The predicted molar refractivity (Wildman–Crippen MR) is 45.4 cm³/mol. The molecule has 0 aliphatic rings. The van der Waals surface area contributed by atoms with Crippen molar-refractivity contribution in [2.24, 2.45) is 7.05 Å². The van der Waals surface area contributed by atoms with Crippen molar-refractivity contribution < 1.29 is 13.2 Å². The standard InChI is InChI=1S/C8H6F3N3O/c1-13-2-3-14-5(7(13)15)4-6(12-14)8(9,10)11/h2-4H,1H3. The second kappa shape index (κ2) is 2.85. The Labute approximate surface area is 81.6 Å². The summed E-state index contributed by atoms with van der Waals surface area (Å²) in [4.78, 5) is 11.4. The molecule has 0 saturated carbocycles. The number of nitrogens with zero attached hydrogens (tertiary/aromatic N) is 3. The Morgan fingerprint density at radius 1 is 1.33 bits per heavy atom. The number of hydrogen-bond donors (Lipinski definition) is 0. The molecule has 0 bridgehead atoms. The summed E-state index contributed by atoms with van der Waals surface area (Å²) < 4.78 is 38.9. The molecule has 0 spiro atoms. The Morgan fingerprint density at radius 2 is 2.00 bits per heavy atom. The fourth-order valence-corrected chi connectivity index (χ4v) is 1.22. The van der Waals surface area contributed by atoms with Gasteiger partial charge in [0.05, 0.1) is 0 Å².